The van der Waals surface area contributed by atoms with Gasteiger partial charge in [0.2, 0.25) is 5.88 Å². The first-order valence-electron chi connectivity index (χ1n) is 9.50. The number of nitrogens with zero attached hydrogens (tertiary/aromatic N) is 1. The molecule has 1 aromatic heterocycles. The van der Waals surface area contributed by atoms with Gasteiger partial charge in [-0.25, -0.2) is 4.98 Å². The van der Waals surface area contributed by atoms with Gasteiger partial charge in [0.15, 0.2) is 0 Å². The van der Waals surface area contributed by atoms with Gasteiger partial charge in [-0.05, 0) is 49.4 Å². The van der Waals surface area contributed by atoms with Crippen LogP contribution in [0.15, 0.2) is 54.7 Å². The lowest BCUT2D eigenvalue weighted by molar-refractivity contribution is -0.274. The van der Waals surface area contributed by atoms with Crippen LogP contribution >= 0.6 is 23.5 Å². The highest BCUT2D eigenvalue weighted by Gasteiger charge is 2.32. The molecule has 174 valence electrons. The van der Waals surface area contributed by atoms with E-state index in [0.717, 1.165) is 18.0 Å². The van der Waals surface area contributed by atoms with Crippen LogP contribution in [-0.4, -0.2) is 30.1 Å². The molecular formula is C22H18ClF3N2O4S. The van der Waals surface area contributed by atoms with Crippen molar-refractivity contribution in [3.63, 3.8) is 0 Å². The van der Waals surface area contributed by atoms with Gasteiger partial charge in [0.25, 0.3) is 5.91 Å². The number of nitrogens with one attached hydrogen (secondary N) is 1. The molecule has 6 nitrogen and oxygen atoms in total. The lowest BCUT2D eigenvalue weighted by Crippen LogP contribution is -2.17. The summed E-state index contributed by atoms with van der Waals surface area (Å²) in [6.07, 6.45) is -1.58. The minimum absolute atomic E-state index is 0.166. The summed E-state index contributed by atoms with van der Waals surface area (Å²) in [5.41, 5.74) is 1.42. The summed E-state index contributed by atoms with van der Waals surface area (Å²) in [5.74, 6) is -0.0519. The maximum absolute atomic E-state index is 12.5. The summed E-state index contributed by atoms with van der Waals surface area (Å²) in [6, 6.07) is 11.8. The van der Waals surface area contributed by atoms with Gasteiger partial charge in [-0.1, -0.05) is 23.5 Å². The average Bonchev–Trinajstić information content (AvgIpc) is 2.76. The van der Waals surface area contributed by atoms with E-state index in [9.17, 15) is 18.0 Å². The molecule has 0 aliphatic carbocycles. The van der Waals surface area contributed by atoms with Gasteiger partial charge in [-0.2, -0.15) is 0 Å². The number of alkyl halides is 3. The highest BCUT2D eigenvalue weighted by molar-refractivity contribution is 7.97. The summed E-state index contributed by atoms with van der Waals surface area (Å²) in [4.78, 5) is 16.6. The van der Waals surface area contributed by atoms with E-state index in [1.165, 1.54) is 12.1 Å². The predicted molar refractivity (Wildman–Crippen MR) is 120 cm³/mol. The third kappa shape index (κ3) is 6.45. The Kier molecular flexibility index (Phi) is 7.93. The Morgan fingerprint density at radius 3 is 2.55 bits per heavy atom. The number of hydrogen-bond acceptors (Lipinski definition) is 6. The van der Waals surface area contributed by atoms with Crippen LogP contribution in [0.2, 0.25) is 5.02 Å². The van der Waals surface area contributed by atoms with Crippen LogP contribution in [-0.2, 0) is 0 Å². The van der Waals surface area contributed by atoms with Crippen molar-refractivity contribution in [2.75, 3.05) is 12.9 Å². The number of pyridine rings is 1. The second-order valence-corrected chi connectivity index (χ2v) is 7.40. The molecule has 1 heterocycles. The first kappa shape index (κ1) is 24.5. The predicted octanol–water partition coefficient (Wildman–Crippen LogP) is 6.50. The fraction of sp³-hybridized carbons (Fsp3) is 0.182. The van der Waals surface area contributed by atoms with Crippen molar-refractivity contribution in [1.82, 2.24) is 9.71 Å². The molecule has 0 aliphatic rings. The van der Waals surface area contributed by atoms with E-state index in [0.29, 0.717) is 34.9 Å². The number of ether oxygens (including phenoxy) is 3. The number of carbonyl (C=O) groups is 1. The Hall–Kier alpha value is -3.11. The smallest absolute Gasteiger partial charge is 0.478 e. The zero-order valence-electron chi connectivity index (χ0n) is 17.4. The molecule has 0 aliphatic heterocycles. The second kappa shape index (κ2) is 10.7. The third-order valence-corrected chi connectivity index (χ3v) is 4.82. The summed E-state index contributed by atoms with van der Waals surface area (Å²) in [7, 11) is 0. The lowest BCUT2D eigenvalue weighted by atomic mass is 10.0. The summed E-state index contributed by atoms with van der Waals surface area (Å²) in [5, 5.41) is -0.279. The van der Waals surface area contributed by atoms with Crippen LogP contribution in [0.25, 0.3) is 11.1 Å². The van der Waals surface area contributed by atoms with Crippen molar-refractivity contribution in [2.24, 2.45) is 0 Å². The molecule has 2 aromatic carbocycles. The van der Waals surface area contributed by atoms with Crippen molar-refractivity contribution in [2.45, 2.75) is 13.3 Å². The number of rotatable bonds is 8. The van der Waals surface area contributed by atoms with Gasteiger partial charge in [0, 0.05) is 35.2 Å². The molecule has 0 saturated heterocycles. The lowest BCUT2D eigenvalue weighted by Gasteiger charge is -2.16. The molecule has 1 N–H and O–H groups in total. The maximum atomic E-state index is 12.5. The molecule has 11 heteroatoms. The molecule has 0 unspecified atom stereocenters. The summed E-state index contributed by atoms with van der Waals surface area (Å²) >= 11 is 7.09. The third-order valence-electron chi connectivity index (χ3n) is 4.14. The Labute approximate surface area is 197 Å². The van der Waals surface area contributed by atoms with Gasteiger partial charge in [0.05, 0.1) is 11.6 Å². The summed E-state index contributed by atoms with van der Waals surface area (Å²) in [6.45, 7) is 2.17. The van der Waals surface area contributed by atoms with E-state index in [4.69, 9.17) is 21.1 Å². The fourth-order valence-corrected chi connectivity index (χ4v) is 3.36. The number of carbonyl (C=O) groups excluding carboxylic acids is 1. The van der Waals surface area contributed by atoms with Gasteiger partial charge in [-0.15, -0.1) is 13.2 Å². The second-order valence-electron chi connectivity index (χ2n) is 6.38. The standard InChI is InChI=1S/C22H18ClF3N2O4S/c1-3-30-21-15(5-4-10-27-21)16-11-13(20(29)28-33-2)6-8-18(16)31-14-7-9-19(17(23)12-14)32-22(24,25)26/h4-12H,3H2,1-2H3,(H,28,29). The molecule has 0 bridgehead atoms. The monoisotopic (exact) mass is 498 g/mol. The number of hydrogen-bond donors (Lipinski definition) is 1. The maximum Gasteiger partial charge on any atom is 0.573 e. The van der Waals surface area contributed by atoms with Gasteiger partial charge in [-0.3, -0.25) is 9.52 Å². The zero-order chi connectivity index (χ0) is 24.0. The Bertz CT molecular complexity index is 1140. The molecule has 0 atom stereocenters. The highest BCUT2D eigenvalue weighted by Crippen LogP contribution is 2.40. The van der Waals surface area contributed by atoms with E-state index in [2.05, 4.69) is 14.4 Å². The largest absolute Gasteiger partial charge is 0.573 e. The minimum atomic E-state index is -4.87. The Morgan fingerprint density at radius 2 is 1.88 bits per heavy atom. The Balaban J connectivity index is 2.03. The molecule has 0 spiro atoms. The normalized spacial score (nSPS) is 11.1. The zero-order valence-corrected chi connectivity index (χ0v) is 19.0. The van der Waals surface area contributed by atoms with Crippen LogP contribution in [0.3, 0.4) is 0 Å². The molecule has 0 radical (unpaired) electrons. The van der Waals surface area contributed by atoms with Crippen LogP contribution in [0.1, 0.15) is 17.3 Å². The fourth-order valence-electron chi connectivity index (χ4n) is 2.85. The van der Waals surface area contributed by atoms with Gasteiger partial charge >= 0.3 is 6.36 Å². The quantitative estimate of drug-likeness (QED) is 0.357. The molecule has 0 saturated carbocycles. The number of halogens is 4. The van der Waals surface area contributed by atoms with Crippen LogP contribution in [0.4, 0.5) is 13.2 Å². The SMILES string of the molecule is CCOc1ncccc1-c1cc(C(=O)NSC)ccc1Oc1ccc(OC(F)(F)F)c(Cl)c1. The van der Waals surface area contributed by atoms with Crippen molar-refractivity contribution < 1.29 is 32.2 Å². The average molecular weight is 499 g/mol. The van der Waals surface area contributed by atoms with Crippen LogP contribution in [0, 0.1) is 0 Å². The molecule has 1 amide bonds. The highest BCUT2D eigenvalue weighted by atomic mass is 35.5. The molecule has 3 rings (SSSR count). The van der Waals surface area contributed by atoms with Gasteiger partial charge < -0.3 is 14.2 Å². The van der Waals surface area contributed by atoms with Crippen LogP contribution < -0.4 is 18.9 Å². The molecule has 0 fully saturated rings. The topological polar surface area (TPSA) is 69.7 Å². The van der Waals surface area contributed by atoms with E-state index in [-0.39, 0.29) is 16.7 Å². The van der Waals surface area contributed by atoms with Crippen molar-refractivity contribution in [1.29, 1.82) is 0 Å². The molecular weight excluding hydrogens is 481 g/mol. The van der Waals surface area contributed by atoms with Crippen molar-refractivity contribution in [3.05, 3.63) is 65.3 Å². The van der Waals surface area contributed by atoms with E-state index in [1.54, 1.807) is 42.8 Å². The summed E-state index contributed by atoms with van der Waals surface area (Å²) < 4.78 is 55.6. The number of benzene rings is 2. The molecule has 3 aromatic rings. The number of aromatic nitrogens is 1. The van der Waals surface area contributed by atoms with Crippen LogP contribution in [0.5, 0.6) is 23.1 Å². The van der Waals surface area contributed by atoms with Crippen molar-refractivity contribution >= 4 is 29.5 Å². The minimum Gasteiger partial charge on any atom is -0.478 e. The first-order valence-corrected chi connectivity index (χ1v) is 11.1. The number of amides is 1. The molecule has 33 heavy (non-hydrogen) atoms. The van der Waals surface area contributed by atoms with Crippen molar-refractivity contribution in [3.8, 4) is 34.3 Å². The van der Waals surface area contributed by atoms with E-state index >= 15 is 0 Å². The van der Waals surface area contributed by atoms with E-state index in [1.807, 2.05) is 6.92 Å². The van der Waals surface area contributed by atoms with E-state index < -0.39 is 12.1 Å². The Morgan fingerprint density at radius 1 is 1.12 bits per heavy atom. The first-order chi connectivity index (χ1) is 15.7. The van der Waals surface area contributed by atoms with Gasteiger partial charge in [0.1, 0.15) is 17.2 Å².